The van der Waals surface area contributed by atoms with Crippen LogP contribution in [0.1, 0.15) is 28.2 Å². The normalized spacial score (nSPS) is 12.9. The maximum atomic E-state index is 12.3. The summed E-state index contributed by atoms with van der Waals surface area (Å²) >= 11 is 0. The molecule has 0 aliphatic rings. The molecule has 174 valence electrons. The van der Waals surface area contributed by atoms with Gasteiger partial charge in [-0.2, -0.15) is 0 Å². The number of pyridine rings is 1. The van der Waals surface area contributed by atoms with Gasteiger partial charge in [0.05, 0.1) is 18.6 Å². The number of hydrogen-bond acceptors (Lipinski definition) is 4. The fourth-order valence-electron chi connectivity index (χ4n) is 4.04. The van der Waals surface area contributed by atoms with Crippen LogP contribution < -0.4 is 5.32 Å². The molecule has 0 radical (unpaired) electrons. The van der Waals surface area contributed by atoms with Crippen LogP contribution in [0.3, 0.4) is 0 Å². The first-order valence-electron chi connectivity index (χ1n) is 11.2. The minimum absolute atomic E-state index is 0.276. The molecule has 1 aromatic carbocycles. The van der Waals surface area contributed by atoms with Gasteiger partial charge in [-0.15, -0.1) is 6.58 Å². The Balaban J connectivity index is 1.80. The topological polar surface area (TPSA) is 76.4 Å². The second-order valence-corrected chi connectivity index (χ2v) is 8.37. The van der Waals surface area contributed by atoms with E-state index in [9.17, 15) is 9.90 Å². The van der Waals surface area contributed by atoms with Gasteiger partial charge >= 0.3 is 5.97 Å². The number of aryl methyl sites for hydroxylation is 3. The summed E-state index contributed by atoms with van der Waals surface area (Å²) in [4.78, 5) is 17.1. The molecule has 2 unspecified atom stereocenters. The first kappa shape index (κ1) is 24.4. The largest absolute Gasteiger partial charge is 0.481 e. The molecular formula is C27H33N3O3. The Labute approximate surface area is 195 Å². The molecule has 2 atom stereocenters. The van der Waals surface area contributed by atoms with Gasteiger partial charge in [0, 0.05) is 36.6 Å². The Morgan fingerprint density at radius 2 is 1.85 bits per heavy atom. The minimum Gasteiger partial charge on any atom is -0.481 e. The van der Waals surface area contributed by atoms with Gasteiger partial charge in [-0.05, 0) is 56.2 Å². The van der Waals surface area contributed by atoms with Gasteiger partial charge in [0.25, 0.3) is 0 Å². The van der Waals surface area contributed by atoms with E-state index < -0.39 is 18.0 Å². The summed E-state index contributed by atoms with van der Waals surface area (Å²) in [6, 6.07) is 18.1. The number of nitrogens with one attached hydrogen (secondary N) is 1. The number of rotatable bonds is 12. The number of aliphatic carboxylic acids is 1. The van der Waals surface area contributed by atoms with Crippen molar-refractivity contribution >= 4 is 5.97 Å². The second-order valence-electron chi connectivity index (χ2n) is 8.37. The average Bonchev–Trinajstić information content (AvgIpc) is 3.12. The van der Waals surface area contributed by atoms with Crippen molar-refractivity contribution in [2.24, 2.45) is 5.92 Å². The highest BCUT2D eigenvalue weighted by Crippen LogP contribution is 2.20. The molecule has 0 amide bonds. The highest BCUT2D eigenvalue weighted by atomic mass is 16.5. The molecule has 0 spiro atoms. The lowest BCUT2D eigenvalue weighted by Gasteiger charge is -2.25. The SMILES string of the molecule is C=CCOC(CNCc1ccccc1)C(Cc1cc(C)cc(-n2c(C)ccc2C)n1)C(=O)O. The molecule has 0 fully saturated rings. The predicted molar refractivity (Wildman–Crippen MR) is 131 cm³/mol. The third-order valence-electron chi connectivity index (χ3n) is 5.65. The maximum absolute atomic E-state index is 12.3. The summed E-state index contributed by atoms with van der Waals surface area (Å²) < 4.78 is 7.98. The van der Waals surface area contributed by atoms with E-state index in [2.05, 4.69) is 28.6 Å². The van der Waals surface area contributed by atoms with Crippen LogP contribution in [0, 0.1) is 26.7 Å². The Morgan fingerprint density at radius 3 is 2.48 bits per heavy atom. The molecular weight excluding hydrogens is 414 g/mol. The molecule has 6 heteroatoms. The van der Waals surface area contributed by atoms with Gasteiger partial charge in [-0.3, -0.25) is 4.79 Å². The van der Waals surface area contributed by atoms with E-state index in [0.29, 0.717) is 13.1 Å². The average molecular weight is 448 g/mol. The zero-order valence-electron chi connectivity index (χ0n) is 19.6. The molecule has 2 N–H and O–H groups in total. The van der Waals surface area contributed by atoms with E-state index in [1.165, 1.54) is 0 Å². The standard InChI is InChI=1S/C27H33N3O3/c1-5-13-33-25(18-28-17-22-9-7-6-8-10-22)24(27(31)32)16-23-14-19(2)15-26(29-23)30-20(3)11-12-21(30)4/h5-12,14-15,24-25,28H,1,13,16-18H2,2-4H3,(H,31,32). The molecule has 0 aliphatic heterocycles. The van der Waals surface area contributed by atoms with E-state index in [1.54, 1.807) is 6.08 Å². The number of ether oxygens (including phenoxy) is 1. The number of aromatic nitrogens is 2. The molecule has 3 aromatic rings. The second kappa shape index (κ2) is 11.6. The Kier molecular flexibility index (Phi) is 8.58. The van der Waals surface area contributed by atoms with Gasteiger partial charge in [-0.1, -0.05) is 36.4 Å². The molecule has 0 aliphatic carbocycles. The number of carboxylic acid groups (broad SMARTS) is 1. The van der Waals surface area contributed by atoms with E-state index in [-0.39, 0.29) is 13.0 Å². The van der Waals surface area contributed by atoms with Crippen molar-refractivity contribution in [1.29, 1.82) is 0 Å². The van der Waals surface area contributed by atoms with Gasteiger partial charge in [0.2, 0.25) is 0 Å². The van der Waals surface area contributed by atoms with Gasteiger partial charge in [0.15, 0.2) is 0 Å². The van der Waals surface area contributed by atoms with Gasteiger partial charge < -0.3 is 19.7 Å². The molecule has 0 bridgehead atoms. The van der Waals surface area contributed by atoms with Crippen LogP contribution in [-0.4, -0.2) is 39.9 Å². The van der Waals surface area contributed by atoms with Crippen molar-refractivity contribution in [1.82, 2.24) is 14.9 Å². The van der Waals surface area contributed by atoms with Crippen molar-refractivity contribution < 1.29 is 14.6 Å². The third kappa shape index (κ3) is 6.63. The van der Waals surface area contributed by atoms with Crippen molar-refractivity contribution in [3.8, 4) is 5.82 Å². The van der Waals surface area contributed by atoms with Crippen molar-refractivity contribution in [2.45, 2.75) is 39.8 Å². The molecule has 2 aromatic heterocycles. The fraction of sp³-hybridized carbons (Fsp3) is 0.333. The molecule has 0 saturated carbocycles. The zero-order valence-corrected chi connectivity index (χ0v) is 19.6. The van der Waals surface area contributed by atoms with Crippen molar-refractivity contribution in [3.05, 3.63) is 95.5 Å². The maximum Gasteiger partial charge on any atom is 0.309 e. The van der Waals surface area contributed by atoms with Crippen LogP contribution in [0.4, 0.5) is 0 Å². The summed E-state index contributed by atoms with van der Waals surface area (Å²) in [5, 5.41) is 13.4. The summed E-state index contributed by atoms with van der Waals surface area (Å²) in [5.74, 6) is -0.842. The molecule has 6 nitrogen and oxygen atoms in total. The number of carbonyl (C=O) groups is 1. The quantitative estimate of drug-likeness (QED) is 0.403. The van der Waals surface area contributed by atoms with E-state index in [4.69, 9.17) is 9.72 Å². The van der Waals surface area contributed by atoms with Crippen molar-refractivity contribution in [3.63, 3.8) is 0 Å². The lowest BCUT2D eigenvalue weighted by molar-refractivity contribution is -0.147. The first-order valence-corrected chi connectivity index (χ1v) is 11.2. The van der Waals surface area contributed by atoms with Gasteiger partial charge in [-0.25, -0.2) is 4.98 Å². The van der Waals surface area contributed by atoms with Gasteiger partial charge in [0.1, 0.15) is 5.82 Å². The number of hydrogen-bond donors (Lipinski definition) is 2. The van der Waals surface area contributed by atoms with E-state index in [1.807, 2.05) is 63.2 Å². The molecule has 2 heterocycles. The summed E-state index contributed by atoms with van der Waals surface area (Å²) in [6.45, 7) is 11.1. The smallest absolute Gasteiger partial charge is 0.309 e. The monoisotopic (exact) mass is 447 g/mol. The molecule has 3 rings (SSSR count). The number of nitrogens with zero attached hydrogens (tertiary/aromatic N) is 2. The van der Waals surface area contributed by atoms with Crippen LogP contribution >= 0.6 is 0 Å². The minimum atomic E-state index is -0.899. The lowest BCUT2D eigenvalue weighted by atomic mass is 9.95. The summed E-state index contributed by atoms with van der Waals surface area (Å²) in [7, 11) is 0. The zero-order chi connectivity index (χ0) is 23.8. The third-order valence-corrected chi connectivity index (χ3v) is 5.65. The summed E-state index contributed by atoms with van der Waals surface area (Å²) in [6.07, 6.45) is 1.40. The highest BCUT2D eigenvalue weighted by molar-refractivity contribution is 5.71. The Morgan fingerprint density at radius 1 is 1.15 bits per heavy atom. The van der Waals surface area contributed by atoms with E-state index in [0.717, 1.165) is 34.0 Å². The lowest BCUT2D eigenvalue weighted by Crippen LogP contribution is -2.40. The van der Waals surface area contributed by atoms with Crippen LogP contribution in [0.2, 0.25) is 0 Å². The number of benzene rings is 1. The molecule has 33 heavy (non-hydrogen) atoms. The Hall–Kier alpha value is -3.22. The van der Waals surface area contributed by atoms with Crippen molar-refractivity contribution in [2.75, 3.05) is 13.2 Å². The van der Waals surface area contributed by atoms with Crippen LogP contribution in [0.15, 0.2) is 67.3 Å². The van der Waals surface area contributed by atoms with Crippen LogP contribution in [0.5, 0.6) is 0 Å². The fourth-order valence-corrected chi connectivity index (χ4v) is 4.04. The van der Waals surface area contributed by atoms with Crippen LogP contribution in [0.25, 0.3) is 5.82 Å². The highest BCUT2D eigenvalue weighted by Gasteiger charge is 2.29. The number of carboxylic acids is 1. The van der Waals surface area contributed by atoms with E-state index >= 15 is 0 Å². The van der Waals surface area contributed by atoms with Crippen LogP contribution in [-0.2, 0) is 22.5 Å². The predicted octanol–water partition coefficient (Wildman–Crippen LogP) is 4.40. The summed E-state index contributed by atoms with van der Waals surface area (Å²) in [5.41, 5.74) is 5.08. The molecule has 0 saturated heterocycles. The Bertz CT molecular complexity index is 1060. The first-order chi connectivity index (χ1) is 15.9.